The molecule has 1 amide bonds. The molecule has 0 spiro atoms. The maximum absolute atomic E-state index is 11.6. The monoisotopic (exact) mass is 311 g/mol. The van der Waals surface area contributed by atoms with Gasteiger partial charge >= 0.3 is 0 Å². The van der Waals surface area contributed by atoms with Gasteiger partial charge in [0.05, 0.1) is 6.10 Å². The van der Waals surface area contributed by atoms with Crippen molar-refractivity contribution in [3.05, 3.63) is 65.7 Å². The molecule has 3 rings (SSSR count). The van der Waals surface area contributed by atoms with Crippen molar-refractivity contribution in [3.8, 4) is 5.75 Å². The summed E-state index contributed by atoms with van der Waals surface area (Å²) < 4.78 is 5.76. The zero-order chi connectivity index (χ0) is 16.1. The van der Waals surface area contributed by atoms with Crippen LogP contribution in [-0.2, 0) is 11.4 Å². The summed E-state index contributed by atoms with van der Waals surface area (Å²) in [6.45, 7) is 0.719. The Morgan fingerprint density at radius 2 is 1.96 bits per heavy atom. The summed E-state index contributed by atoms with van der Waals surface area (Å²) in [4.78, 5) is 11.6. The topological polar surface area (TPSA) is 58.6 Å². The molecule has 0 radical (unpaired) electrons. The number of amides is 1. The molecule has 4 nitrogen and oxygen atoms in total. The Bertz CT molecular complexity index is 653. The van der Waals surface area contributed by atoms with Crippen LogP contribution in [0.5, 0.6) is 5.75 Å². The van der Waals surface area contributed by atoms with E-state index in [9.17, 15) is 9.90 Å². The summed E-state index contributed by atoms with van der Waals surface area (Å²) >= 11 is 0. The third kappa shape index (κ3) is 4.57. The van der Waals surface area contributed by atoms with Crippen LogP contribution in [0.2, 0.25) is 0 Å². The van der Waals surface area contributed by atoms with Gasteiger partial charge in [0, 0.05) is 12.5 Å². The molecule has 1 unspecified atom stereocenters. The van der Waals surface area contributed by atoms with Crippen LogP contribution in [0, 0.1) is 5.92 Å². The van der Waals surface area contributed by atoms with E-state index < -0.39 is 6.10 Å². The van der Waals surface area contributed by atoms with Gasteiger partial charge in [-0.15, -0.1) is 0 Å². The minimum Gasteiger partial charge on any atom is -0.489 e. The van der Waals surface area contributed by atoms with Crippen LogP contribution >= 0.6 is 0 Å². The summed E-state index contributed by atoms with van der Waals surface area (Å²) in [5.41, 5.74) is 1.84. The lowest BCUT2D eigenvalue weighted by Gasteiger charge is -2.14. The Hall–Kier alpha value is -2.33. The molecule has 2 aromatic carbocycles. The maximum atomic E-state index is 11.6. The lowest BCUT2D eigenvalue weighted by Crippen LogP contribution is -2.29. The van der Waals surface area contributed by atoms with Crippen molar-refractivity contribution < 1.29 is 14.6 Å². The number of ether oxygens (including phenoxy) is 1. The second-order valence-corrected chi connectivity index (χ2v) is 5.88. The zero-order valence-electron chi connectivity index (χ0n) is 12.9. The smallest absolute Gasteiger partial charge is 0.223 e. The number of carbonyl (C=O) groups excluding carboxylic acids is 1. The van der Waals surface area contributed by atoms with E-state index in [0.717, 1.165) is 24.0 Å². The van der Waals surface area contributed by atoms with E-state index in [1.165, 1.54) is 0 Å². The van der Waals surface area contributed by atoms with Gasteiger partial charge < -0.3 is 15.2 Å². The fraction of sp³-hybridized carbons (Fsp3) is 0.316. The minimum absolute atomic E-state index is 0.0422. The van der Waals surface area contributed by atoms with Crippen LogP contribution in [0.4, 0.5) is 0 Å². The highest BCUT2D eigenvalue weighted by atomic mass is 16.5. The van der Waals surface area contributed by atoms with Crippen molar-refractivity contribution in [3.63, 3.8) is 0 Å². The highest BCUT2D eigenvalue weighted by Gasteiger charge is 2.29. The van der Waals surface area contributed by atoms with E-state index in [-0.39, 0.29) is 18.4 Å². The van der Waals surface area contributed by atoms with Gasteiger partial charge in [-0.3, -0.25) is 4.79 Å². The molecule has 0 bridgehead atoms. The van der Waals surface area contributed by atoms with Crippen molar-refractivity contribution in [1.82, 2.24) is 5.32 Å². The number of nitrogens with one attached hydrogen (secondary N) is 1. The summed E-state index contributed by atoms with van der Waals surface area (Å²) in [6, 6.07) is 17.3. The number of aliphatic hydroxyl groups excluding tert-OH is 1. The van der Waals surface area contributed by atoms with Crippen LogP contribution in [0.1, 0.15) is 30.1 Å². The minimum atomic E-state index is -0.724. The molecule has 1 atom stereocenters. The Labute approximate surface area is 136 Å². The Balaban J connectivity index is 1.54. The molecule has 1 aliphatic carbocycles. The van der Waals surface area contributed by atoms with Gasteiger partial charge in [0.15, 0.2) is 0 Å². The molecule has 2 aromatic rings. The van der Waals surface area contributed by atoms with Gasteiger partial charge in [-0.25, -0.2) is 0 Å². The number of aliphatic hydroxyl groups is 1. The van der Waals surface area contributed by atoms with Crippen LogP contribution in [0.25, 0.3) is 0 Å². The molecule has 0 aromatic heterocycles. The Morgan fingerprint density at radius 3 is 2.70 bits per heavy atom. The van der Waals surface area contributed by atoms with Crippen LogP contribution < -0.4 is 10.1 Å². The van der Waals surface area contributed by atoms with Crippen molar-refractivity contribution in [2.75, 3.05) is 6.54 Å². The molecule has 1 fully saturated rings. The van der Waals surface area contributed by atoms with Crippen molar-refractivity contribution >= 4 is 5.91 Å². The largest absolute Gasteiger partial charge is 0.489 e. The van der Waals surface area contributed by atoms with Gasteiger partial charge in [0.1, 0.15) is 12.4 Å². The molecule has 0 aliphatic heterocycles. The summed E-state index contributed by atoms with van der Waals surface area (Å²) in [5.74, 6) is 0.905. The van der Waals surface area contributed by atoms with E-state index in [4.69, 9.17) is 4.74 Å². The first-order valence-corrected chi connectivity index (χ1v) is 7.95. The molecule has 1 saturated carbocycles. The van der Waals surface area contributed by atoms with E-state index in [1.54, 1.807) is 0 Å². The summed E-state index contributed by atoms with van der Waals surface area (Å²) in [7, 11) is 0. The quantitative estimate of drug-likeness (QED) is 0.826. The molecule has 2 N–H and O–H groups in total. The number of hydrogen-bond acceptors (Lipinski definition) is 3. The predicted molar refractivity (Wildman–Crippen MR) is 87.9 cm³/mol. The average molecular weight is 311 g/mol. The Kier molecular flexibility index (Phi) is 4.93. The fourth-order valence-electron chi connectivity index (χ4n) is 2.36. The van der Waals surface area contributed by atoms with Crippen LogP contribution in [0.3, 0.4) is 0 Å². The van der Waals surface area contributed by atoms with E-state index in [2.05, 4.69) is 5.32 Å². The maximum Gasteiger partial charge on any atom is 0.223 e. The van der Waals surface area contributed by atoms with Crippen molar-refractivity contribution in [2.24, 2.45) is 5.92 Å². The molecule has 1 aliphatic rings. The predicted octanol–water partition coefficient (Wildman–Crippen LogP) is 2.83. The molecule has 120 valence electrons. The van der Waals surface area contributed by atoms with Gasteiger partial charge in [0.25, 0.3) is 0 Å². The highest BCUT2D eigenvalue weighted by Crippen LogP contribution is 2.29. The van der Waals surface area contributed by atoms with Gasteiger partial charge in [-0.05, 0) is 36.1 Å². The lowest BCUT2D eigenvalue weighted by molar-refractivity contribution is -0.122. The lowest BCUT2D eigenvalue weighted by atomic mass is 10.1. The zero-order valence-corrected chi connectivity index (χ0v) is 12.9. The molecular weight excluding hydrogens is 290 g/mol. The van der Waals surface area contributed by atoms with E-state index in [1.807, 2.05) is 54.6 Å². The first kappa shape index (κ1) is 15.6. The van der Waals surface area contributed by atoms with Crippen LogP contribution in [-0.4, -0.2) is 17.6 Å². The Morgan fingerprint density at radius 1 is 1.17 bits per heavy atom. The van der Waals surface area contributed by atoms with Crippen molar-refractivity contribution in [2.45, 2.75) is 25.6 Å². The third-order valence-electron chi connectivity index (χ3n) is 3.91. The third-order valence-corrected chi connectivity index (χ3v) is 3.91. The van der Waals surface area contributed by atoms with E-state index in [0.29, 0.717) is 12.4 Å². The van der Waals surface area contributed by atoms with Gasteiger partial charge in [-0.2, -0.15) is 0 Å². The normalized spacial score (nSPS) is 15.0. The molecule has 0 saturated heterocycles. The SMILES string of the molecule is O=C(NCC(O)c1cccc(OCc2ccccc2)c1)C1CC1. The molecule has 4 heteroatoms. The van der Waals surface area contributed by atoms with Gasteiger partial charge in [0.2, 0.25) is 5.91 Å². The first-order valence-electron chi connectivity index (χ1n) is 7.95. The average Bonchev–Trinajstić information content (AvgIpc) is 3.44. The number of rotatable bonds is 7. The second-order valence-electron chi connectivity index (χ2n) is 5.88. The number of hydrogen-bond donors (Lipinski definition) is 2. The molecular formula is C19H21NO3. The second kappa shape index (κ2) is 7.29. The van der Waals surface area contributed by atoms with Gasteiger partial charge in [-0.1, -0.05) is 42.5 Å². The standard InChI is InChI=1S/C19H21NO3/c21-18(12-20-19(22)15-9-10-15)16-7-4-8-17(11-16)23-13-14-5-2-1-3-6-14/h1-8,11,15,18,21H,9-10,12-13H2,(H,20,22). The number of benzene rings is 2. The number of carbonyl (C=O) groups is 1. The highest BCUT2D eigenvalue weighted by molar-refractivity contribution is 5.80. The van der Waals surface area contributed by atoms with Crippen molar-refractivity contribution in [1.29, 1.82) is 0 Å². The summed E-state index contributed by atoms with van der Waals surface area (Å²) in [5, 5.41) is 13.0. The summed E-state index contributed by atoms with van der Waals surface area (Å²) in [6.07, 6.45) is 1.20. The van der Waals surface area contributed by atoms with E-state index >= 15 is 0 Å². The van der Waals surface area contributed by atoms with Crippen LogP contribution in [0.15, 0.2) is 54.6 Å². The fourth-order valence-corrected chi connectivity index (χ4v) is 2.36. The molecule has 0 heterocycles. The first-order chi connectivity index (χ1) is 11.2. The molecule has 23 heavy (non-hydrogen) atoms.